The SMILES string of the molecule is CC(C)(CO)Nc1ccc(Cl)c(C#N)n1. The smallest absolute Gasteiger partial charge is 0.161 e. The molecule has 0 aliphatic carbocycles. The van der Waals surface area contributed by atoms with Crippen molar-refractivity contribution in [2.45, 2.75) is 19.4 Å². The van der Waals surface area contributed by atoms with Crippen molar-refractivity contribution in [3.8, 4) is 6.07 Å². The molecule has 1 aromatic rings. The first-order valence-electron chi connectivity index (χ1n) is 4.44. The Hall–Kier alpha value is -1.31. The van der Waals surface area contributed by atoms with Crippen molar-refractivity contribution in [2.75, 3.05) is 11.9 Å². The summed E-state index contributed by atoms with van der Waals surface area (Å²) in [6.45, 7) is 3.63. The molecule has 4 nitrogen and oxygen atoms in total. The van der Waals surface area contributed by atoms with Crippen LogP contribution in [0.25, 0.3) is 0 Å². The van der Waals surface area contributed by atoms with Gasteiger partial charge in [0.15, 0.2) is 5.69 Å². The zero-order chi connectivity index (χ0) is 11.5. The summed E-state index contributed by atoms with van der Waals surface area (Å²) in [7, 11) is 0. The Morgan fingerprint density at radius 2 is 2.27 bits per heavy atom. The number of anilines is 1. The van der Waals surface area contributed by atoms with Gasteiger partial charge in [0, 0.05) is 0 Å². The van der Waals surface area contributed by atoms with E-state index < -0.39 is 5.54 Å². The Morgan fingerprint density at radius 3 is 2.80 bits per heavy atom. The van der Waals surface area contributed by atoms with Crippen molar-refractivity contribution in [2.24, 2.45) is 0 Å². The molecule has 0 bridgehead atoms. The van der Waals surface area contributed by atoms with Crippen molar-refractivity contribution in [3.05, 3.63) is 22.8 Å². The van der Waals surface area contributed by atoms with E-state index in [1.807, 2.05) is 19.9 Å². The van der Waals surface area contributed by atoms with E-state index in [4.69, 9.17) is 22.0 Å². The second-order valence-electron chi connectivity index (χ2n) is 3.81. The molecule has 0 aromatic carbocycles. The number of nitrogens with zero attached hydrogens (tertiary/aromatic N) is 2. The zero-order valence-corrected chi connectivity index (χ0v) is 9.34. The second kappa shape index (κ2) is 4.47. The summed E-state index contributed by atoms with van der Waals surface area (Å²) in [5.74, 6) is 0.523. The van der Waals surface area contributed by atoms with E-state index in [2.05, 4.69) is 10.3 Å². The van der Waals surface area contributed by atoms with E-state index in [-0.39, 0.29) is 12.3 Å². The monoisotopic (exact) mass is 225 g/mol. The third-order valence-electron chi connectivity index (χ3n) is 1.81. The maximum Gasteiger partial charge on any atom is 0.161 e. The molecular weight excluding hydrogens is 214 g/mol. The number of nitrogens with one attached hydrogen (secondary N) is 1. The Labute approximate surface area is 93.5 Å². The van der Waals surface area contributed by atoms with Crippen LogP contribution in [-0.2, 0) is 0 Å². The van der Waals surface area contributed by atoms with Crippen LogP contribution in [0.4, 0.5) is 5.82 Å². The van der Waals surface area contributed by atoms with E-state index in [0.717, 1.165) is 0 Å². The number of rotatable bonds is 3. The molecule has 0 unspecified atom stereocenters. The number of aliphatic hydroxyl groups is 1. The highest BCUT2D eigenvalue weighted by atomic mass is 35.5. The summed E-state index contributed by atoms with van der Waals surface area (Å²) in [5, 5.41) is 21.1. The summed E-state index contributed by atoms with van der Waals surface area (Å²) in [6, 6.07) is 5.16. The number of aliphatic hydroxyl groups excluding tert-OH is 1. The Balaban J connectivity index is 2.94. The Morgan fingerprint density at radius 1 is 1.60 bits per heavy atom. The Kier molecular flexibility index (Phi) is 3.51. The van der Waals surface area contributed by atoms with Crippen LogP contribution in [-0.4, -0.2) is 22.2 Å². The summed E-state index contributed by atoms with van der Waals surface area (Å²) in [6.07, 6.45) is 0. The van der Waals surface area contributed by atoms with Gasteiger partial charge in [-0.1, -0.05) is 11.6 Å². The number of hydrogen-bond acceptors (Lipinski definition) is 4. The Bertz CT molecular complexity index is 398. The predicted octanol–water partition coefficient (Wildman–Crippen LogP) is 1.79. The van der Waals surface area contributed by atoms with Crippen LogP contribution < -0.4 is 5.32 Å². The highest BCUT2D eigenvalue weighted by Gasteiger charge is 2.16. The van der Waals surface area contributed by atoms with Gasteiger partial charge in [0.2, 0.25) is 0 Å². The first-order valence-corrected chi connectivity index (χ1v) is 4.82. The zero-order valence-electron chi connectivity index (χ0n) is 8.58. The summed E-state index contributed by atoms with van der Waals surface area (Å²) in [5.41, 5.74) is -0.302. The molecule has 80 valence electrons. The number of pyridine rings is 1. The van der Waals surface area contributed by atoms with Gasteiger partial charge in [-0.05, 0) is 26.0 Å². The van der Waals surface area contributed by atoms with Gasteiger partial charge in [0.25, 0.3) is 0 Å². The number of halogens is 1. The van der Waals surface area contributed by atoms with E-state index in [1.54, 1.807) is 12.1 Å². The molecule has 0 atom stereocenters. The summed E-state index contributed by atoms with van der Waals surface area (Å²) < 4.78 is 0. The number of hydrogen-bond donors (Lipinski definition) is 2. The third-order valence-corrected chi connectivity index (χ3v) is 2.12. The van der Waals surface area contributed by atoms with Crippen LogP contribution in [0.5, 0.6) is 0 Å². The van der Waals surface area contributed by atoms with E-state index in [1.165, 1.54) is 0 Å². The van der Waals surface area contributed by atoms with Crippen molar-refractivity contribution in [1.29, 1.82) is 5.26 Å². The van der Waals surface area contributed by atoms with Crippen LogP contribution in [0.3, 0.4) is 0 Å². The molecule has 0 fully saturated rings. The molecule has 0 amide bonds. The first-order chi connectivity index (χ1) is 6.98. The molecule has 0 radical (unpaired) electrons. The number of nitriles is 1. The first kappa shape index (κ1) is 11.8. The fraction of sp³-hybridized carbons (Fsp3) is 0.400. The van der Waals surface area contributed by atoms with Gasteiger partial charge in [-0.25, -0.2) is 4.98 Å². The molecule has 0 saturated carbocycles. The van der Waals surface area contributed by atoms with E-state index in [9.17, 15) is 0 Å². The van der Waals surface area contributed by atoms with Crippen LogP contribution in [0.1, 0.15) is 19.5 Å². The largest absolute Gasteiger partial charge is 0.394 e. The minimum atomic E-state index is -0.479. The van der Waals surface area contributed by atoms with Crippen LogP contribution in [0.15, 0.2) is 12.1 Å². The molecule has 0 saturated heterocycles. The van der Waals surface area contributed by atoms with Crippen LogP contribution in [0.2, 0.25) is 5.02 Å². The molecule has 5 heteroatoms. The van der Waals surface area contributed by atoms with Gasteiger partial charge in [-0.3, -0.25) is 0 Å². The fourth-order valence-corrected chi connectivity index (χ4v) is 1.12. The average molecular weight is 226 g/mol. The molecule has 0 aliphatic heterocycles. The molecule has 1 aromatic heterocycles. The van der Waals surface area contributed by atoms with Crippen LogP contribution in [0, 0.1) is 11.3 Å². The lowest BCUT2D eigenvalue weighted by Crippen LogP contribution is -2.35. The minimum absolute atomic E-state index is 0.0286. The quantitative estimate of drug-likeness (QED) is 0.823. The number of aromatic nitrogens is 1. The standard InChI is InChI=1S/C10H12ClN3O/c1-10(2,6-15)14-9-4-3-7(11)8(5-12)13-9/h3-4,15H,6H2,1-2H3,(H,13,14). The fourth-order valence-electron chi connectivity index (χ4n) is 0.976. The molecule has 1 rings (SSSR count). The topological polar surface area (TPSA) is 68.9 Å². The van der Waals surface area contributed by atoms with Crippen LogP contribution >= 0.6 is 11.6 Å². The maximum atomic E-state index is 9.06. The molecule has 1 heterocycles. The van der Waals surface area contributed by atoms with Gasteiger partial charge >= 0.3 is 0 Å². The molecule has 2 N–H and O–H groups in total. The van der Waals surface area contributed by atoms with Crippen molar-refractivity contribution in [3.63, 3.8) is 0 Å². The highest BCUT2D eigenvalue weighted by molar-refractivity contribution is 6.31. The lowest BCUT2D eigenvalue weighted by Gasteiger charge is -2.24. The molecular formula is C10H12ClN3O. The van der Waals surface area contributed by atoms with E-state index >= 15 is 0 Å². The molecule has 0 spiro atoms. The van der Waals surface area contributed by atoms with Gasteiger partial charge in [-0.15, -0.1) is 0 Å². The molecule has 0 aliphatic rings. The van der Waals surface area contributed by atoms with Crippen molar-refractivity contribution >= 4 is 17.4 Å². The van der Waals surface area contributed by atoms with Crippen molar-refractivity contribution in [1.82, 2.24) is 4.98 Å². The minimum Gasteiger partial charge on any atom is -0.394 e. The maximum absolute atomic E-state index is 9.06. The van der Waals surface area contributed by atoms with Gasteiger partial charge < -0.3 is 10.4 Å². The molecule has 15 heavy (non-hydrogen) atoms. The second-order valence-corrected chi connectivity index (χ2v) is 4.21. The van der Waals surface area contributed by atoms with Gasteiger partial charge in [-0.2, -0.15) is 5.26 Å². The predicted molar refractivity (Wildman–Crippen MR) is 58.7 cm³/mol. The summed E-state index contributed by atoms with van der Waals surface area (Å²) in [4.78, 5) is 4.01. The van der Waals surface area contributed by atoms with Crippen molar-refractivity contribution < 1.29 is 5.11 Å². The van der Waals surface area contributed by atoms with Gasteiger partial charge in [0.05, 0.1) is 17.2 Å². The third kappa shape index (κ3) is 3.08. The van der Waals surface area contributed by atoms with Gasteiger partial charge in [0.1, 0.15) is 11.9 Å². The lowest BCUT2D eigenvalue weighted by molar-refractivity contribution is 0.234. The average Bonchev–Trinajstić information content (AvgIpc) is 2.20. The lowest BCUT2D eigenvalue weighted by atomic mass is 10.1. The van der Waals surface area contributed by atoms with E-state index in [0.29, 0.717) is 10.8 Å². The highest BCUT2D eigenvalue weighted by Crippen LogP contribution is 2.18. The summed E-state index contributed by atoms with van der Waals surface area (Å²) >= 11 is 5.74. The normalized spacial score (nSPS) is 10.9.